The summed E-state index contributed by atoms with van der Waals surface area (Å²) in [6.45, 7) is 1.74. The number of hydrogen-bond donors (Lipinski definition) is 2. The minimum absolute atomic E-state index is 0.0472. The largest absolute Gasteiger partial charge is 0.398 e. The van der Waals surface area contributed by atoms with Gasteiger partial charge in [-0.05, 0) is 43.9 Å². The second-order valence-electron chi connectivity index (χ2n) is 4.97. The monoisotopic (exact) mass is 343 g/mol. The highest BCUT2D eigenvalue weighted by molar-refractivity contribution is 7.93. The second kappa shape index (κ2) is 5.15. The molecule has 1 aromatic carbocycles. The van der Waals surface area contributed by atoms with Crippen molar-refractivity contribution in [2.24, 2.45) is 0 Å². The number of nitrogens with one attached hydrogen (secondary N) is 1. The van der Waals surface area contributed by atoms with E-state index in [1.807, 2.05) is 0 Å². The van der Waals surface area contributed by atoms with E-state index in [0.29, 0.717) is 21.4 Å². The number of nitrogens with zero attached hydrogens (tertiary/aromatic N) is 1. The van der Waals surface area contributed by atoms with Gasteiger partial charge in [0.05, 0.1) is 10.6 Å². The molecule has 3 rings (SSSR count). The molecule has 0 saturated heterocycles. The van der Waals surface area contributed by atoms with Gasteiger partial charge in [-0.25, -0.2) is 13.4 Å². The Balaban J connectivity index is 1.93. The number of nitrogen functional groups attached to an aromatic ring is 1. The first-order chi connectivity index (χ1) is 9.87. The van der Waals surface area contributed by atoms with Gasteiger partial charge in [0.1, 0.15) is 0 Å². The summed E-state index contributed by atoms with van der Waals surface area (Å²) >= 11 is 7.39. The Morgan fingerprint density at radius 1 is 1.38 bits per heavy atom. The summed E-state index contributed by atoms with van der Waals surface area (Å²) in [4.78, 5) is 5.54. The molecule has 112 valence electrons. The van der Waals surface area contributed by atoms with E-state index in [1.165, 1.54) is 23.5 Å². The molecular weight excluding hydrogens is 330 g/mol. The van der Waals surface area contributed by atoms with Gasteiger partial charge >= 0.3 is 0 Å². The molecule has 2 aromatic rings. The van der Waals surface area contributed by atoms with E-state index in [-0.39, 0.29) is 4.90 Å². The molecule has 1 heterocycles. The summed E-state index contributed by atoms with van der Waals surface area (Å²) in [7, 11) is -3.73. The van der Waals surface area contributed by atoms with Crippen molar-refractivity contribution < 1.29 is 8.42 Å². The number of aryl methyl sites for hydroxylation is 2. The topological polar surface area (TPSA) is 85.1 Å². The zero-order valence-corrected chi connectivity index (χ0v) is 13.7. The zero-order chi connectivity index (χ0) is 15.2. The molecule has 3 N–H and O–H groups in total. The van der Waals surface area contributed by atoms with Crippen LogP contribution in [0.5, 0.6) is 0 Å². The SMILES string of the molecule is Cc1c(N)cc(S(=O)(=O)Nc2nc3c(s2)CCC3)cc1Cl. The molecule has 0 unspecified atom stereocenters. The van der Waals surface area contributed by atoms with Crippen molar-refractivity contribution in [2.75, 3.05) is 10.5 Å². The molecular formula is C13H14ClN3O2S2. The fourth-order valence-corrected chi connectivity index (χ4v) is 4.87. The fraction of sp³-hybridized carbons (Fsp3) is 0.308. The summed E-state index contributed by atoms with van der Waals surface area (Å²) in [6, 6.07) is 2.81. The van der Waals surface area contributed by atoms with Crippen molar-refractivity contribution in [1.29, 1.82) is 0 Å². The molecule has 21 heavy (non-hydrogen) atoms. The lowest BCUT2D eigenvalue weighted by molar-refractivity contribution is 0.601. The Hall–Kier alpha value is -1.31. The molecule has 0 bridgehead atoms. The molecule has 0 saturated carbocycles. The maximum absolute atomic E-state index is 12.4. The van der Waals surface area contributed by atoms with Crippen molar-refractivity contribution in [1.82, 2.24) is 4.98 Å². The number of sulfonamides is 1. The highest BCUT2D eigenvalue weighted by Gasteiger charge is 2.22. The van der Waals surface area contributed by atoms with Crippen LogP contribution in [0.1, 0.15) is 22.6 Å². The zero-order valence-electron chi connectivity index (χ0n) is 11.3. The van der Waals surface area contributed by atoms with Gasteiger partial charge < -0.3 is 5.73 Å². The Morgan fingerprint density at radius 3 is 2.81 bits per heavy atom. The maximum atomic E-state index is 12.4. The predicted octanol–water partition coefficient (Wildman–Crippen LogP) is 2.98. The summed E-state index contributed by atoms with van der Waals surface area (Å²) in [5, 5.41) is 0.729. The number of anilines is 2. The van der Waals surface area contributed by atoms with Crippen molar-refractivity contribution >= 4 is 43.8 Å². The van der Waals surface area contributed by atoms with Crippen molar-refractivity contribution in [3.63, 3.8) is 0 Å². The number of nitrogens with two attached hydrogens (primary N) is 1. The number of benzene rings is 1. The van der Waals surface area contributed by atoms with Gasteiger partial charge in [-0.1, -0.05) is 11.6 Å². The Morgan fingerprint density at radius 2 is 2.14 bits per heavy atom. The average molecular weight is 344 g/mol. The fourth-order valence-electron chi connectivity index (χ4n) is 2.24. The number of thiazole rings is 1. The van der Waals surface area contributed by atoms with Gasteiger partial charge in [0.25, 0.3) is 10.0 Å². The van der Waals surface area contributed by atoms with E-state index in [2.05, 4.69) is 9.71 Å². The van der Waals surface area contributed by atoms with Crippen LogP contribution in [-0.2, 0) is 22.9 Å². The molecule has 0 radical (unpaired) electrons. The van der Waals surface area contributed by atoms with Crippen LogP contribution in [0, 0.1) is 6.92 Å². The number of aromatic nitrogens is 1. The van der Waals surface area contributed by atoms with Crippen molar-refractivity contribution in [3.05, 3.63) is 33.3 Å². The lowest BCUT2D eigenvalue weighted by atomic mass is 10.2. The standard InChI is InChI=1S/C13H14ClN3O2S2/c1-7-9(14)5-8(6-10(7)15)21(18,19)17-13-16-11-3-2-4-12(11)20-13/h5-6H,2-4,15H2,1H3,(H,16,17). The first kappa shape index (κ1) is 14.6. The lowest BCUT2D eigenvalue weighted by Crippen LogP contribution is -2.13. The van der Waals surface area contributed by atoms with Crippen molar-refractivity contribution in [2.45, 2.75) is 31.1 Å². The minimum Gasteiger partial charge on any atom is -0.398 e. The summed E-state index contributed by atoms with van der Waals surface area (Å²) < 4.78 is 27.3. The Bertz CT molecular complexity index is 770. The molecule has 0 atom stereocenters. The molecule has 0 amide bonds. The molecule has 1 aromatic heterocycles. The van der Waals surface area contributed by atoms with Crippen LogP contribution in [-0.4, -0.2) is 13.4 Å². The Kier molecular flexibility index (Phi) is 3.59. The van der Waals surface area contributed by atoms with E-state index in [4.69, 9.17) is 17.3 Å². The normalized spacial score (nSPS) is 14.2. The van der Waals surface area contributed by atoms with E-state index in [0.717, 1.165) is 29.8 Å². The van der Waals surface area contributed by atoms with E-state index < -0.39 is 10.0 Å². The second-order valence-corrected chi connectivity index (χ2v) is 8.14. The number of fused-ring (bicyclic) bond motifs is 1. The molecule has 8 heteroatoms. The molecule has 0 aliphatic heterocycles. The quantitative estimate of drug-likeness (QED) is 0.839. The predicted molar refractivity (Wildman–Crippen MR) is 85.5 cm³/mol. The van der Waals surface area contributed by atoms with Crippen LogP contribution < -0.4 is 10.5 Å². The van der Waals surface area contributed by atoms with E-state index >= 15 is 0 Å². The van der Waals surface area contributed by atoms with Crippen LogP contribution in [0.2, 0.25) is 5.02 Å². The summed E-state index contributed by atoms with van der Waals surface area (Å²) in [6.07, 6.45) is 2.97. The van der Waals surface area contributed by atoms with E-state index in [9.17, 15) is 8.42 Å². The smallest absolute Gasteiger partial charge is 0.263 e. The maximum Gasteiger partial charge on any atom is 0.263 e. The third kappa shape index (κ3) is 2.73. The van der Waals surface area contributed by atoms with Gasteiger partial charge in [-0.15, -0.1) is 11.3 Å². The van der Waals surface area contributed by atoms with Gasteiger partial charge in [0.2, 0.25) is 0 Å². The molecule has 1 aliphatic rings. The van der Waals surface area contributed by atoms with Gasteiger partial charge in [-0.3, -0.25) is 4.72 Å². The Labute approximate surface area is 132 Å². The van der Waals surface area contributed by atoms with Crippen LogP contribution in [0.15, 0.2) is 17.0 Å². The minimum atomic E-state index is -3.73. The third-order valence-electron chi connectivity index (χ3n) is 3.49. The van der Waals surface area contributed by atoms with Crippen molar-refractivity contribution in [3.8, 4) is 0 Å². The van der Waals surface area contributed by atoms with Crippen LogP contribution >= 0.6 is 22.9 Å². The summed E-state index contributed by atoms with van der Waals surface area (Å²) in [5.74, 6) is 0. The lowest BCUT2D eigenvalue weighted by Gasteiger charge is -2.09. The number of hydrogen-bond acceptors (Lipinski definition) is 5. The molecule has 0 fully saturated rings. The van der Waals surface area contributed by atoms with Crippen LogP contribution in [0.3, 0.4) is 0 Å². The van der Waals surface area contributed by atoms with Gasteiger partial charge in [0, 0.05) is 15.6 Å². The first-order valence-electron chi connectivity index (χ1n) is 6.44. The molecule has 5 nitrogen and oxygen atoms in total. The van der Waals surface area contributed by atoms with E-state index in [1.54, 1.807) is 6.92 Å². The third-order valence-corrected chi connectivity index (χ3v) is 6.40. The molecule has 1 aliphatic carbocycles. The van der Waals surface area contributed by atoms with Gasteiger partial charge in [0.15, 0.2) is 5.13 Å². The highest BCUT2D eigenvalue weighted by Crippen LogP contribution is 2.32. The van der Waals surface area contributed by atoms with Crippen LogP contribution in [0.4, 0.5) is 10.8 Å². The molecule has 0 spiro atoms. The summed E-state index contributed by atoms with van der Waals surface area (Å²) in [5.41, 5.74) is 7.80. The number of rotatable bonds is 3. The number of halogens is 1. The first-order valence-corrected chi connectivity index (χ1v) is 9.11. The van der Waals surface area contributed by atoms with Gasteiger partial charge in [-0.2, -0.15) is 0 Å². The highest BCUT2D eigenvalue weighted by atomic mass is 35.5. The van der Waals surface area contributed by atoms with Crippen LogP contribution in [0.25, 0.3) is 0 Å². The average Bonchev–Trinajstić information content (AvgIpc) is 2.95.